The van der Waals surface area contributed by atoms with Crippen LogP contribution < -0.4 is 5.32 Å². The fraction of sp³-hybridized carbons (Fsp3) is 0.385. The highest BCUT2D eigenvalue weighted by Gasteiger charge is 2.28. The maximum Gasteiger partial charge on any atom is 0.292 e. The summed E-state index contributed by atoms with van der Waals surface area (Å²) in [5, 5.41) is 13.8. The van der Waals surface area contributed by atoms with Gasteiger partial charge in [-0.15, -0.1) is 0 Å². The van der Waals surface area contributed by atoms with Crippen molar-refractivity contribution in [2.45, 2.75) is 6.54 Å². The number of nitrogens with one attached hydrogen (secondary N) is 1. The molecule has 0 bridgehead atoms. The number of rotatable bonds is 4. The molecule has 112 valence electrons. The van der Waals surface area contributed by atoms with Crippen molar-refractivity contribution in [3.63, 3.8) is 0 Å². The number of nitro groups is 1. The molecule has 0 saturated carbocycles. The quantitative estimate of drug-likeness (QED) is 0.641. The number of benzene rings is 1. The van der Waals surface area contributed by atoms with Gasteiger partial charge >= 0.3 is 0 Å². The Morgan fingerprint density at radius 1 is 1.29 bits per heavy atom. The minimum atomic E-state index is -0.480. The third-order valence-corrected chi connectivity index (χ3v) is 3.41. The van der Waals surface area contributed by atoms with Crippen molar-refractivity contribution in [2.24, 2.45) is 0 Å². The van der Waals surface area contributed by atoms with Gasteiger partial charge in [0.15, 0.2) is 0 Å². The van der Waals surface area contributed by atoms with E-state index in [0.29, 0.717) is 11.3 Å². The summed E-state index contributed by atoms with van der Waals surface area (Å²) in [6, 6.07) is 4.66. The van der Waals surface area contributed by atoms with Crippen LogP contribution in [0.25, 0.3) is 0 Å². The molecule has 2 amide bonds. The standard InChI is InChI=1S/C13H16N4O4/c1-14-13-9(4-3-5-10(13)17(20)21)6-16-8-11(18)15(2)7-12(16)19/h3-5,14H,6-8H2,1-2H3. The van der Waals surface area contributed by atoms with E-state index in [-0.39, 0.29) is 37.1 Å². The van der Waals surface area contributed by atoms with E-state index in [4.69, 9.17) is 0 Å². The van der Waals surface area contributed by atoms with Crippen molar-refractivity contribution in [2.75, 3.05) is 32.5 Å². The van der Waals surface area contributed by atoms with E-state index < -0.39 is 4.92 Å². The molecule has 0 spiro atoms. The first-order valence-electron chi connectivity index (χ1n) is 6.39. The van der Waals surface area contributed by atoms with E-state index >= 15 is 0 Å². The largest absolute Gasteiger partial charge is 0.382 e. The molecule has 0 aromatic heterocycles. The van der Waals surface area contributed by atoms with Crippen molar-refractivity contribution in [1.29, 1.82) is 0 Å². The summed E-state index contributed by atoms with van der Waals surface area (Å²) in [6.07, 6.45) is 0. The molecule has 1 heterocycles. The van der Waals surface area contributed by atoms with Crippen LogP contribution in [0.15, 0.2) is 18.2 Å². The molecule has 8 nitrogen and oxygen atoms in total. The second-order valence-electron chi connectivity index (χ2n) is 4.82. The zero-order valence-electron chi connectivity index (χ0n) is 11.8. The monoisotopic (exact) mass is 292 g/mol. The zero-order chi connectivity index (χ0) is 15.6. The summed E-state index contributed by atoms with van der Waals surface area (Å²) in [5.74, 6) is -0.323. The third kappa shape index (κ3) is 2.93. The fourth-order valence-corrected chi connectivity index (χ4v) is 2.27. The van der Waals surface area contributed by atoms with Gasteiger partial charge in [-0.3, -0.25) is 19.7 Å². The number of hydrogen-bond donors (Lipinski definition) is 1. The van der Waals surface area contributed by atoms with Gasteiger partial charge in [0.1, 0.15) is 12.2 Å². The Morgan fingerprint density at radius 3 is 2.62 bits per heavy atom. The average molecular weight is 292 g/mol. The van der Waals surface area contributed by atoms with E-state index in [1.807, 2.05) is 0 Å². The molecular weight excluding hydrogens is 276 g/mol. The second-order valence-corrected chi connectivity index (χ2v) is 4.82. The first-order chi connectivity index (χ1) is 9.93. The molecule has 0 atom stereocenters. The third-order valence-electron chi connectivity index (χ3n) is 3.41. The van der Waals surface area contributed by atoms with Gasteiger partial charge in [-0.2, -0.15) is 0 Å². The topological polar surface area (TPSA) is 95.8 Å². The minimum absolute atomic E-state index is 0.0127. The lowest BCUT2D eigenvalue weighted by atomic mass is 10.1. The van der Waals surface area contributed by atoms with Crippen LogP contribution in [-0.2, 0) is 16.1 Å². The Hall–Kier alpha value is -2.64. The lowest BCUT2D eigenvalue weighted by Crippen LogP contribution is -2.51. The van der Waals surface area contributed by atoms with Crippen LogP contribution in [0.2, 0.25) is 0 Å². The van der Waals surface area contributed by atoms with E-state index in [1.54, 1.807) is 26.2 Å². The summed E-state index contributed by atoms with van der Waals surface area (Å²) in [6.45, 7) is 0.181. The second kappa shape index (κ2) is 5.78. The summed E-state index contributed by atoms with van der Waals surface area (Å²) in [5.41, 5.74) is 0.919. The predicted octanol–water partition coefficient (Wildman–Crippen LogP) is 0.437. The lowest BCUT2D eigenvalue weighted by Gasteiger charge is -2.32. The summed E-state index contributed by atoms with van der Waals surface area (Å²) < 4.78 is 0. The molecule has 0 unspecified atom stereocenters. The molecule has 8 heteroatoms. The van der Waals surface area contributed by atoms with Gasteiger partial charge in [-0.1, -0.05) is 12.1 Å². The van der Waals surface area contributed by atoms with E-state index in [0.717, 1.165) is 0 Å². The van der Waals surface area contributed by atoms with Gasteiger partial charge in [0.2, 0.25) is 11.8 Å². The average Bonchev–Trinajstić information content (AvgIpc) is 2.44. The minimum Gasteiger partial charge on any atom is -0.382 e. The first kappa shape index (κ1) is 14.8. The van der Waals surface area contributed by atoms with Gasteiger partial charge in [-0.05, 0) is 0 Å². The maximum absolute atomic E-state index is 12.0. The number of amides is 2. The Bertz CT molecular complexity index is 602. The van der Waals surface area contributed by atoms with Crippen LogP contribution in [0, 0.1) is 10.1 Å². The van der Waals surface area contributed by atoms with Crippen molar-refractivity contribution in [3.05, 3.63) is 33.9 Å². The normalized spacial score (nSPS) is 15.3. The van der Waals surface area contributed by atoms with E-state index in [2.05, 4.69) is 5.32 Å². The van der Waals surface area contributed by atoms with E-state index in [9.17, 15) is 19.7 Å². The number of piperazine rings is 1. The molecular formula is C13H16N4O4. The van der Waals surface area contributed by atoms with Gasteiger partial charge in [0, 0.05) is 32.3 Å². The smallest absolute Gasteiger partial charge is 0.292 e. The van der Waals surface area contributed by atoms with Crippen molar-refractivity contribution in [3.8, 4) is 0 Å². The van der Waals surface area contributed by atoms with Crippen LogP contribution in [0.4, 0.5) is 11.4 Å². The highest BCUT2D eigenvalue weighted by Crippen LogP contribution is 2.29. The predicted molar refractivity (Wildman–Crippen MR) is 75.7 cm³/mol. The highest BCUT2D eigenvalue weighted by atomic mass is 16.6. The van der Waals surface area contributed by atoms with Crippen LogP contribution >= 0.6 is 0 Å². The van der Waals surface area contributed by atoms with Crippen molar-refractivity contribution in [1.82, 2.24) is 9.80 Å². The number of carbonyl (C=O) groups is 2. The fourth-order valence-electron chi connectivity index (χ4n) is 2.27. The maximum atomic E-state index is 12.0. The number of likely N-dealkylation sites (N-methyl/N-ethyl adjacent to an activating group) is 1. The van der Waals surface area contributed by atoms with Crippen LogP contribution in [0.3, 0.4) is 0 Å². The number of para-hydroxylation sites is 1. The van der Waals surface area contributed by atoms with Crippen LogP contribution in [-0.4, -0.2) is 53.7 Å². The molecule has 1 saturated heterocycles. The van der Waals surface area contributed by atoms with Gasteiger partial charge in [-0.25, -0.2) is 0 Å². The number of carbonyl (C=O) groups excluding carboxylic acids is 2. The summed E-state index contributed by atoms with van der Waals surface area (Å²) >= 11 is 0. The Kier molecular flexibility index (Phi) is 4.06. The molecule has 1 aromatic rings. The molecule has 0 aliphatic carbocycles. The molecule has 1 fully saturated rings. The zero-order valence-corrected chi connectivity index (χ0v) is 11.8. The summed E-state index contributed by atoms with van der Waals surface area (Å²) in [4.78, 5) is 36.9. The van der Waals surface area contributed by atoms with Crippen LogP contribution in [0.5, 0.6) is 0 Å². The van der Waals surface area contributed by atoms with Crippen molar-refractivity contribution >= 4 is 23.2 Å². The number of anilines is 1. The van der Waals surface area contributed by atoms with Gasteiger partial charge < -0.3 is 15.1 Å². The number of nitrogens with zero attached hydrogens (tertiary/aromatic N) is 3. The SMILES string of the molecule is CNc1c(CN2CC(=O)N(C)CC2=O)cccc1[N+](=O)[O-]. The first-order valence-corrected chi connectivity index (χ1v) is 6.39. The molecule has 1 aliphatic heterocycles. The molecule has 1 aliphatic rings. The molecule has 2 rings (SSSR count). The molecule has 0 radical (unpaired) electrons. The Balaban J connectivity index is 2.27. The summed E-state index contributed by atoms with van der Waals surface area (Å²) in [7, 11) is 3.16. The molecule has 21 heavy (non-hydrogen) atoms. The molecule has 1 aromatic carbocycles. The Labute approximate surface area is 121 Å². The number of nitro benzene ring substituents is 1. The lowest BCUT2D eigenvalue weighted by molar-refractivity contribution is -0.384. The number of hydrogen-bond acceptors (Lipinski definition) is 5. The molecule has 1 N–H and O–H groups in total. The highest BCUT2D eigenvalue weighted by molar-refractivity contribution is 5.92. The van der Waals surface area contributed by atoms with E-state index in [1.165, 1.54) is 15.9 Å². The van der Waals surface area contributed by atoms with Crippen molar-refractivity contribution < 1.29 is 14.5 Å². The van der Waals surface area contributed by atoms with Gasteiger partial charge in [0.25, 0.3) is 5.69 Å². The van der Waals surface area contributed by atoms with Crippen LogP contribution in [0.1, 0.15) is 5.56 Å². The van der Waals surface area contributed by atoms with Gasteiger partial charge in [0.05, 0.1) is 11.5 Å². The Morgan fingerprint density at radius 2 is 2.00 bits per heavy atom.